The molecule has 1 aromatic carbocycles. The van der Waals surface area contributed by atoms with Gasteiger partial charge in [0.25, 0.3) is 0 Å². The van der Waals surface area contributed by atoms with Crippen LogP contribution in [-0.4, -0.2) is 12.0 Å². The summed E-state index contributed by atoms with van der Waals surface area (Å²) in [5.41, 5.74) is -0.116. The summed E-state index contributed by atoms with van der Waals surface area (Å²) >= 11 is 0. The maximum Gasteiger partial charge on any atom is 0.232 e. The number of ether oxygens (including phenoxy) is 1. The molecule has 14 heavy (non-hydrogen) atoms. The van der Waals surface area contributed by atoms with E-state index in [0.29, 0.717) is 6.07 Å². The van der Waals surface area contributed by atoms with Crippen molar-refractivity contribution < 1.29 is 18.4 Å². The van der Waals surface area contributed by atoms with Crippen molar-refractivity contribution in [3.63, 3.8) is 0 Å². The minimum atomic E-state index is -0.940. The van der Waals surface area contributed by atoms with Crippen molar-refractivity contribution in [2.45, 2.75) is 6.54 Å². The molecule has 0 spiro atoms. The van der Waals surface area contributed by atoms with Gasteiger partial charge in [-0.3, -0.25) is 10.1 Å². The van der Waals surface area contributed by atoms with E-state index in [1.165, 1.54) is 7.11 Å². The Bertz CT molecular complexity index is 368. The molecule has 0 saturated carbocycles. The number of halogens is 2. The van der Waals surface area contributed by atoms with Crippen LogP contribution in [0.2, 0.25) is 0 Å². The first kappa shape index (κ1) is 10.4. The van der Waals surface area contributed by atoms with Crippen LogP contribution in [0.1, 0.15) is 5.56 Å². The van der Waals surface area contributed by atoms with Gasteiger partial charge >= 0.3 is 0 Å². The molecule has 6 heteroatoms. The van der Waals surface area contributed by atoms with E-state index in [1.807, 2.05) is 0 Å². The van der Waals surface area contributed by atoms with Crippen LogP contribution in [-0.2, 0) is 6.54 Å². The Morgan fingerprint density at radius 1 is 1.50 bits per heavy atom. The maximum atomic E-state index is 13.0. The van der Waals surface area contributed by atoms with Gasteiger partial charge in [0.2, 0.25) is 6.54 Å². The molecular formula is C8H7F2NO3. The van der Waals surface area contributed by atoms with Crippen molar-refractivity contribution in [2.24, 2.45) is 0 Å². The highest BCUT2D eigenvalue weighted by molar-refractivity contribution is 5.34. The molecule has 0 saturated heterocycles. The quantitative estimate of drug-likeness (QED) is 0.555. The summed E-state index contributed by atoms with van der Waals surface area (Å²) in [4.78, 5) is 9.48. The lowest BCUT2D eigenvalue weighted by atomic mass is 10.2. The topological polar surface area (TPSA) is 52.4 Å². The largest absolute Gasteiger partial charge is 0.493 e. The second-order valence-electron chi connectivity index (χ2n) is 2.57. The van der Waals surface area contributed by atoms with Gasteiger partial charge in [0.15, 0.2) is 11.6 Å². The maximum absolute atomic E-state index is 13.0. The van der Waals surface area contributed by atoms with Crippen molar-refractivity contribution in [2.75, 3.05) is 7.11 Å². The first-order valence-electron chi connectivity index (χ1n) is 3.68. The molecule has 1 rings (SSSR count). The first-order valence-corrected chi connectivity index (χ1v) is 3.68. The zero-order valence-corrected chi connectivity index (χ0v) is 7.29. The SMILES string of the molecule is COc1c(F)cc(F)cc1C[N+](=O)[O-]. The highest BCUT2D eigenvalue weighted by Gasteiger charge is 2.15. The van der Waals surface area contributed by atoms with E-state index in [4.69, 9.17) is 0 Å². The van der Waals surface area contributed by atoms with Gasteiger partial charge in [-0.2, -0.15) is 0 Å². The molecule has 0 bridgehead atoms. The minimum absolute atomic E-state index is 0.116. The zero-order chi connectivity index (χ0) is 10.7. The molecule has 4 nitrogen and oxygen atoms in total. The Hall–Kier alpha value is -1.72. The first-order chi connectivity index (χ1) is 6.54. The summed E-state index contributed by atoms with van der Waals surface area (Å²) < 4.78 is 30.2. The lowest BCUT2D eigenvalue weighted by molar-refractivity contribution is -0.497. The molecule has 0 amide bonds. The van der Waals surface area contributed by atoms with Crippen LogP contribution in [0.25, 0.3) is 0 Å². The molecular weight excluding hydrogens is 196 g/mol. The van der Waals surface area contributed by atoms with E-state index in [9.17, 15) is 18.9 Å². The average molecular weight is 203 g/mol. The number of hydrogen-bond acceptors (Lipinski definition) is 3. The lowest BCUT2D eigenvalue weighted by Gasteiger charge is -2.05. The highest BCUT2D eigenvalue weighted by Crippen LogP contribution is 2.24. The summed E-state index contributed by atoms with van der Waals surface area (Å²) in [5.74, 6) is -2.09. The third-order valence-electron chi connectivity index (χ3n) is 1.59. The van der Waals surface area contributed by atoms with Crippen LogP contribution >= 0.6 is 0 Å². The van der Waals surface area contributed by atoms with E-state index in [0.717, 1.165) is 6.07 Å². The van der Waals surface area contributed by atoms with Crippen molar-refractivity contribution in [1.29, 1.82) is 0 Å². The van der Waals surface area contributed by atoms with Crippen LogP contribution in [0, 0.1) is 21.7 Å². The van der Waals surface area contributed by atoms with Crippen LogP contribution in [0.3, 0.4) is 0 Å². The summed E-state index contributed by atoms with van der Waals surface area (Å²) in [6, 6.07) is 1.49. The predicted molar refractivity (Wildman–Crippen MR) is 43.6 cm³/mol. The van der Waals surface area contributed by atoms with E-state index < -0.39 is 23.1 Å². The molecule has 0 atom stereocenters. The fourth-order valence-corrected chi connectivity index (χ4v) is 1.10. The van der Waals surface area contributed by atoms with Gasteiger partial charge in [-0.25, -0.2) is 8.78 Å². The van der Waals surface area contributed by atoms with Crippen LogP contribution in [0.4, 0.5) is 8.78 Å². The normalized spacial score (nSPS) is 9.93. The summed E-state index contributed by atoms with van der Waals surface area (Å²) in [7, 11) is 1.17. The number of benzene rings is 1. The predicted octanol–water partition coefficient (Wildman–Crippen LogP) is 1.75. The second kappa shape index (κ2) is 3.99. The fourth-order valence-electron chi connectivity index (χ4n) is 1.10. The number of hydrogen-bond donors (Lipinski definition) is 0. The smallest absolute Gasteiger partial charge is 0.232 e. The second-order valence-corrected chi connectivity index (χ2v) is 2.57. The fraction of sp³-hybridized carbons (Fsp3) is 0.250. The molecule has 0 N–H and O–H groups in total. The molecule has 0 unspecified atom stereocenters. The van der Waals surface area contributed by atoms with Crippen molar-refractivity contribution >= 4 is 0 Å². The van der Waals surface area contributed by atoms with Crippen molar-refractivity contribution in [3.8, 4) is 5.75 Å². The zero-order valence-electron chi connectivity index (χ0n) is 7.29. The van der Waals surface area contributed by atoms with Gasteiger partial charge in [0, 0.05) is 11.0 Å². The standard InChI is InChI=1S/C8H7F2NO3/c1-14-8-5(4-11(12)13)2-6(9)3-7(8)10/h2-3H,4H2,1H3. The summed E-state index contributed by atoms with van der Waals surface area (Å²) in [6.45, 7) is -0.669. The molecule has 0 aliphatic heterocycles. The van der Waals surface area contributed by atoms with Gasteiger partial charge in [0.1, 0.15) is 5.82 Å². The third-order valence-corrected chi connectivity index (χ3v) is 1.59. The molecule has 0 aliphatic carbocycles. The average Bonchev–Trinajstić information content (AvgIpc) is 2.01. The summed E-state index contributed by atoms with van der Waals surface area (Å²) in [5, 5.41) is 10.2. The van der Waals surface area contributed by atoms with E-state index >= 15 is 0 Å². The van der Waals surface area contributed by atoms with Gasteiger partial charge < -0.3 is 4.74 Å². The molecule has 0 aliphatic rings. The third kappa shape index (κ3) is 2.15. The molecule has 0 heterocycles. The molecule has 76 valence electrons. The highest BCUT2D eigenvalue weighted by atomic mass is 19.1. The van der Waals surface area contributed by atoms with Crippen molar-refractivity contribution in [3.05, 3.63) is 39.4 Å². The van der Waals surface area contributed by atoms with Crippen molar-refractivity contribution in [1.82, 2.24) is 0 Å². The summed E-state index contributed by atoms with van der Waals surface area (Å²) in [6.07, 6.45) is 0. The van der Waals surface area contributed by atoms with Gasteiger partial charge in [-0.15, -0.1) is 0 Å². The Labute approximate surface area is 78.3 Å². The molecule has 0 radical (unpaired) electrons. The Morgan fingerprint density at radius 3 is 2.64 bits per heavy atom. The van der Waals surface area contributed by atoms with E-state index in [1.54, 1.807) is 0 Å². The number of nitro groups is 1. The number of methoxy groups -OCH3 is 1. The lowest BCUT2D eigenvalue weighted by Crippen LogP contribution is -2.03. The number of nitrogens with zero attached hydrogens (tertiary/aromatic N) is 1. The molecule has 1 aromatic rings. The minimum Gasteiger partial charge on any atom is -0.493 e. The van der Waals surface area contributed by atoms with Gasteiger partial charge in [-0.1, -0.05) is 0 Å². The van der Waals surface area contributed by atoms with Crippen LogP contribution in [0.5, 0.6) is 5.75 Å². The van der Waals surface area contributed by atoms with Crippen LogP contribution in [0.15, 0.2) is 12.1 Å². The van der Waals surface area contributed by atoms with E-state index in [2.05, 4.69) is 4.74 Å². The van der Waals surface area contributed by atoms with Crippen LogP contribution < -0.4 is 4.74 Å². The molecule has 0 fully saturated rings. The van der Waals surface area contributed by atoms with E-state index in [-0.39, 0.29) is 11.3 Å². The Balaban J connectivity index is 3.17. The monoisotopic (exact) mass is 203 g/mol. The molecule has 0 aromatic heterocycles. The Morgan fingerprint density at radius 2 is 2.14 bits per heavy atom. The van der Waals surface area contributed by atoms with Gasteiger partial charge in [0.05, 0.1) is 12.7 Å². The van der Waals surface area contributed by atoms with Gasteiger partial charge in [-0.05, 0) is 6.07 Å². The Kier molecular flexibility index (Phi) is 2.95. The number of rotatable bonds is 3.